The number of methoxy groups -OCH3 is 1. The highest BCUT2D eigenvalue weighted by molar-refractivity contribution is 7.92. The minimum atomic E-state index is -3.64. The summed E-state index contributed by atoms with van der Waals surface area (Å²) < 4.78 is 31.6. The Kier molecular flexibility index (Phi) is 12.0. The number of ether oxygens (including phenoxy) is 1. The number of nitrogens with one attached hydrogen (secondary N) is 1. The van der Waals surface area contributed by atoms with Crippen molar-refractivity contribution in [3.05, 3.63) is 58.1 Å². The van der Waals surface area contributed by atoms with Gasteiger partial charge in [-0.1, -0.05) is 54.7 Å². The van der Waals surface area contributed by atoms with Crippen molar-refractivity contribution in [2.24, 2.45) is 0 Å². The van der Waals surface area contributed by atoms with Gasteiger partial charge in [0.25, 0.3) is 0 Å². The molecule has 11 heteroatoms. The number of benzene rings is 2. The molecule has 37 heavy (non-hydrogen) atoms. The number of anilines is 1. The fourth-order valence-electron chi connectivity index (χ4n) is 3.79. The number of halogens is 2. The van der Waals surface area contributed by atoms with Crippen LogP contribution in [0.25, 0.3) is 0 Å². The van der Waals surface area contributed by atoms with E-state index >= 15 is 0 Å². The summed E-state index contributed by atoms with van der Waals surface area (Å²) in [6.45, 7) is 4.29. The molecule has 8 nitrogen and oxygen atoms in total. The topological polar surface area (TPSA) is 96.0 Å². The van der Waals surface area contributed by atoms with Crippen LogP contribution in [-0.2, 0) is 26.2 Å². The summed E-state index contributed by atoms with van der Waals surface area (Å²) in [4.78, 5) is 27.7. The van der Waals surface area contributed by atoms with Crippen LogP contribution in [0.15, 0.2) is 42.5 Å². The third-order valence-corrected chi connectivity index (χ3v) is 7.78. The predicted octanol–water partition coefficient (Wildman–Crippen LogP) is 4.88. The van der Waals surface area contributed by atoms with Crippen molar-refractivity contribution < 1.29 is 22.7 Å². The molecule has 1 N–H and O–H groups in total. The number of nitrogens with zero attached hydrogens (tertiary/aromatic N) is 2. The number of carbonyl (C=O) groups excluding carboxylic acids is 2. The molecule has 2 aromatic rings. The summed E-state index contributed by atoms with van der Waals surface area (Å²) >= 11 is 12.7. The van der Waals surface area contributed by atoms with Crippen molar-refractivity contribution in [1.82, 2.24) is 10.2 Å². The van der Waals surface area contributed by atoms with Gasteiger partial charge in [-0.05, 0) is 44.0 Å². The normalized spacial score (nSPS) is 12.1. The van der Waals surface area contributed by atoms with Crippen molar-refractivity contribution in [3.8, 4) is 5.75 Å². The van der Waals surface area contributed by atoms with E-state index in [-0.39, 0.29) is 37.7 Å². The zero-order valence-corrected chi connectivity index (χ0v) is 24.0. The number of hydrogen-bond acceptors (Lipinski definition) is 5. The molecular formula is C26H35Cl2N3O5S. The highest BCUT2D eigenvalue weighted by Crippen LogP contribution is 2.30. The van der Waals surface area contributed by atoms with Gasteiger partial charge in [-0.15, -0.1) is 0 Å². The van der Waals surface area contributed by atoms with Gasteiger partial charge in [-0.3, -0.25) is 13.9 Å². The maximum atomic E-state index is 13.4. The van der Waals surface area contributed by atoms with Crippen molar-refractivity contribution in [1.29, 1.82) is 0 Å². The van der Waals surface area contributed by atoms with Crippen molar-refractivity contribution >= 4 is 50.7 Å². The largest absolute Gasteiger partial charge is 0.495 e. The Morgan fingerprint density at radius 3 is 2.30 bits per heavy atom. The molecule has 0 unspecified atom stereocenters. The molecular weight excluding hydrogens is 537 g/mol. The fourth-order valence-corrected chi connectivity index (χ4v) is 5.28. The van der Waals surface area contributed by atoms with Crippen LogP contribution >= 0.6 is 23.2 Å². The first-order chi connectivity index (χ1) is 17.5. The molecule has 0 aromatic heterocycles. The number of hydrogen-bond donors (Lipinski definition) is 1. The molecule has 204 valence electrons. The zero-order chi connectivity index (χ0) is 27.6. The van der Waals surface area contributed by atoms with Crippen LogP contribution in [0.3, 0.4) is 0 Å². The van der Waals surface area contributed by atoms with Crippen LogP contribution in [0, 0.1) is 0 Å². The summed E-state index contributed by atoms with van der Waals surface area (Å²) in [5.41, 5.74) is 0.933. The molecule has 0 fully saturated rings. The minimum absolute atomic E-state index is 0.00974. The lowest BCUT2D eigenvalue weighted by atomic mass is 10.1. The first kappa shape index (κ1) is 30.7. The minimum Gasteiger partial charge on any atom is -0.495 e. The van der Waals surface area contributed by atoms with Crippen LogP contribution in [0.1, 0.15) is 45.1 Å². The van der Waals surface area contributed by atoms with Gasteiger partial charge >= 0.3 is 0 Å². The summed E-state index contributed by atoms with van der Waals surface area (Å²) in [5.74, 6) is -0.189. The Morgan fingerprint density at radius 2 is 1.70 bits per heavy atom. The van der Waals surface area contributed by atoms with Crippen LogP contribution in [0.5, 0.6) is 5.75 Å². The molecule has 0 heterocycles. The second-order valence-electron chi connectivity index (χ2n) is 8.65. The Hall–Kier alpha value is -2.49. The molecule has 2 aromatic carbocycles. The Balaban J connectivity index is 2.23. The average Bonchev–Trinajstić information content (AvgIpc) is 2.85. The highest BCUT2D eigenvalue weighted by Gasteiger charge is 2.28. The number of amides is 2. The standard InChI is InChI=1S/C26H35Cl2N3O5S/c1-5-6-16-29-26(33)19(2)30(18-20-21(27)11-9-12-22(20)28)25(32)15-10-17-31(37(4,34)35)23-13-7-8-14-24(23)36-3/h7-9,11-14,19H,5-6,10,15-18H2,1-4H3,(H,29,33)/t19-/m1/s1. The summed E-state index contributed by atoms with van der Waals surface area (Å²) in [5, 5.41) is 3.65. The van der Waals surface area contributed by atoms with E-state index < -0.39 is 16.1 Å². The first-order valence-corrected chi connectivity index (χ1v) is 14.7. The summed E-state index contributed by atoms with van der Waals surface area (Å²) in [6, 6.07) is 11.1. The molecule has 0 aliphatic rings. The molecule has 0 aliphatic carbocycles. The van der Waals surface area contributed by atoms with Crippen LogP contribution in [0.2, 0.25) is 10.0 Å². The van der Waals surface area contributed by atoms with Crippen molar-refractivity contribution in [2.75, 3.05) is 30.8 Å². The fraction of sp³-hybridized carbons (Fsp3) is 0.462. The maximum absolute atomic E-state index is 13.4. The molecule has 1 atom stereocenters. The van der Waals surface area contributed by atoms with E-state index in [4.69, 9.17) is 27.9 Å². The average molecular weight is 573 g/mol. The smallest absolute Gasteiger partial charge is 0.242 e. The highest BCUT2D eigenvalue weighted by atomic mass is 35.5. The van der Waals surface area contributed by atoms with Crippen LogP contribution in [-0.4, -0.2) is 57.6 Å². The Morgan fingerprint density at radius 1 is 1.05 bits per heavy atom. The maximum Gasteiger partial charge on any atom is 0.242 e. The van der Waals surface area contributed by atoms with E-state index in [2.05, 4.69) is 5.32 Å². The van der Waals surface area contributed by atoms with Gasteiger partial charge in [-0.25, -0.2) is 8.42 Å². The molecule has 0 aliphatic heterocycles. The molecule has 0 bridgehead atoms. The Bertz CT molecular complexity index is 1160. The first-order valence-electron chi connectivity index (χ1n) is 12.1. The quantitative estimate of drug-likeness (QED) is 0.326. The van der Waals surface area contributed by atoms with Gasteiger partial charge < -0.3 is 15.0 Å². The zero-order valence-electron chi connectivity index (χ0n) is 21.7. The second kappa shape index (κ2) is 14.4. The van der Waals surface area contributed by atoms with Gasteiger partial charge in [0, 0.05) is 41.7 Å². The van der Waals surface area contributed by atoms with Gasteiger partial charge in [0.05, 0.1) is 19.1 Å². The van der Waals surface area contributed by atoms with E-state index in [0.717, 1.165) is 19.1 Å². The lowest BCUT2D eigenvalue weighted by Crippen LogP contribution is -2.48. The third kappa shape index (κ3) is 8.79. The number of sulfonamides is 1. The SMILES string of the molecule is CCCCNC(=O)[C@@H](C)N(Cc1c(Cl)cccc1Cl)C(=O)CCCN(c1ccccc1OC)S(C)(=O)=O. The monoisotopic (exact) mass is 571 g/mol. The lowest BCUT2D eigenvalue weighted by molar-refractivity contribution is -0.140. The molecule has 0 saturated heterocycles. The number of carbonyl (C=O) groups is 2. The Labute approximate surface area is 229 Å². The number of para-hydroxylation sites is 2. The van der Waals surface area contributed by atoms with Gasteiger partial charge in [0.1, 0.15) is 11.8 Å². The van der Waals surface area contributed by atoms with E-state index in [0.29, 0.717) is 33.6 Å². The summed E-state index contributed by atoms with van der Waals surface area (Å²) in [7, 11) is -2.18. The molecule has 2 amide bonds. The molecule has 0 spiro atoms. The predicted molar refractivity (Wildman–Crippen MR) is 149 cm³/mol. The van der Waals surface area contributed by atoms with Crippen LogP contribution < -0.4 is 14.4 Å². The second-order valence-corrected chi connectivity index (χ2v) is 11.4. The lowest BCUT2D eigenvalue weighted by Gasteiger charge is -2.30. The van der Waals surface area contributed by atoms with E-state index in [1.165, 1.54) is 16.3 Å². The summed E-state index contributed by atoms with van der Waals surface area (Å²) in [6.07, 6.45) is 3.09. The molecule has 0 radical (unpaired) electrons. The van der Waals surface area contributed by atoms with E-state index in [9.17, 15) is 18.0 Å². The van der Waals surface area contributed by atoms with E-state index in [1.54, 1.807) is 49.4 Å². The van der Waals surface area contributed by atoms with Gasteiger partial charge in [0.15, 0.2) is 0 Å². The van der Waals surface area contributed by atoms with Gasteiger partial charge in [-0.2, -0.15) is 0 Å². The number of unbranched alkanes of at least 4 members (excludes halogenated alkanes) is 1. The van der Waals surface area contributed by atoms with Gasteiger partial charge in [0.2, 0.25) is 21.8 Å². The molecule has 2 rings (SSSR count). The molecule has 0 saturated carbocycles. The van der Waals surface area contributed by atoms with Crippen molar-refractivity contribution in [3.63, 3.8) is 0 Å². The number of rotatable bonds is 14. The van der Waals surface area contributed by atoms with Crippen molar-refractivity contribution in [2.45, 2.75) is 52.1 Å². The van der Waals surface area contributed by atoms with Crippen LogP contribution in [0.4, 0.5) is 5.69 Å². The third-order valence-electron chi connectivity index (χ3n) is 5.89. The van der Waals surface area contributed by atoms with E-state index in [1.807, 2.05) is 6.92 Å².